The number of amides is 1. The van der Waals surface area contributed by atoms with Crippen molar-refractivity contribution in [3.63, 3.8) is 0 Å². The standard InChI is InChI=1S/C11H18N2O3/c14-10(9-3-1-2-5-12-9)13-6-4-8(7-13)11(15)16/h8-9,12H,1-7H2,(H,15,16)/t8?,9-/m1/s1. The fraction of sp³-hybridized carbons (Fsp3) is 0.818. The van der Waals surface area contributed by atoms with Crippen LogP contribution < -0.4 is 5.32 Å². The molecule has 1 unspecified atom stereocenters. The minimum Gasteiger partial charge on any atom is -0.481 e. The molecule has 16 heavy (non-hydrogen) atoms. The Labute approximate surface area is 94.8 Å². The predicted molar refractivity (Wildman–Crippen MR) is 58.0 cm³/mol. The first-order valence-corrected chi connectivity index (χ1v) is 5.93. The molecule has 0 saturated carbocycles. The van der Waals surface area contributed by atoms with Gasteiger partial charge in [-0.05, 0) is 25.8 Å². The number of nitrogens with zero attached hydrogens (tertiary/aromatic N) is 1. The lowest BCUT2D eigenvalue weighted by Gasteiger charge is -2.27. The number of piperidine rings is 1. The Morgan fingerprint density at radius 2 is 2.06 bits per heavy atom. The summed E-state index contributed by atoms with van der Waals surface area (Å²) in [5.41, 5.74) is 0. The van der Waals surface area contributed by atoms with E-state index in [1.54, 1.807) is 4.90 Å². The first-order chi connectivity index (χ1) is 7.68. The van der Waals surface area contributed by atoms with Crippen molar-refractivity contribution in [1.82, 2.24) is 10.2 Å². The molecule has 5 heteroatoms. The lowest BCUT2D eigenvalue weighted by atomic mass is 10.0. The van der Waals surface area contributed by atoms with E-state index in [-0.39, 0.29) is 17.9 Å². The third-order valence-electron chi connectivity index (χ3n) is 3.46. The fourth-order valence-electron chi connectivity index (χ4n) is 2.45. The van der Waals surface area contributed by atoms with E-state index in [0.717, 1.165) is 25.8 Å². The molecule has 90 valence electrons. The van der Waals surface area contributed by atoms with Crippen LogP contribution in [0.3, 0.4) is 0 Å². The van der Waals surface area contributed by atoms with Gasteiger partial charge in [-0.2, -0.15) is 0 Å². The van der Waals surface area contributed by atoms with Crippen LogP contribution in [0.2, 0.25) is 0 Å². The summed E-state index contributed by atoms with van der Waals surface area (Å²) in [6, 6.07) is -0.0821. The van der Waals surface area contributed by atoms with Crippen LogP contribution in [0.25, 0.3) is 0 Å². The average Bonchev–Trinajstić information content (AvgIpc) is 2.78. The van der Waals surface area contributed by atoms with Gasteiger partial charge >= 0.3 is 5.97 Å². The van der Waals surface area contributed by atoms with Gasteiger partial charge in [-0.25, -0.2) is 0 Å². The van der Waals surface area contributed by atoms with Gasteiger partial charge in [0, 0.05) is 13.1 Å². The van der Waals surface area contributed by atoms with Crippen molar-refractivity contribution >= 4 is 11.9 Å². The maximum Gasteiger partial charge on any atom is 0.308 e. The highest BCUT2D eigenvalue weighted by Gasteiger charge is 2.34. The monoisotopic (exact) mass is 226 g/mol. The Balaban J connectivity index is 1.88. The normalized spacial score (nSPS) is 30.4. The van der Waals surface area contributed by atoms with Crippen LogP contribution in [0.1, 0.15) is 25.7 Å². The molecule has 0 aromatic heterocycles. The molecule has 0 aromatic rings. The Kier molecular flexibility index (Phi) is 3.43. The quantitative estimate of drug-likeness (QED) is 0.698. The molecule has 2 saturated heterocycles. The lowest BCUT2D eigenvalue weighted by Crippen LogP contribution is -2.48. The largest absolute Gasteiger partial charge is 0.481 e. The summed E-state index contributed by atoms with van der Waals surface area (Å²) in [7, 11) is 0. The molecule has 2 heterocycles. The number of carbonyl (C=O) groups excluding carboxylic acids is 1. The van der Waals surface area contributed by atoms with E-state index in [4.69, 9.17) is 5.11 Å². The first-order valence-electron chi connectivity index (χ1n) is 5.93. The Bertz CT molecular complexity index is 287. The maximum atomic E-state index is 12.0. The molecule has 0 aliphatic carbocycles. The second-order valence-corrected chi connectivity index (χ2v) is 4.61. The lowest BCUT2D eigenvalue weighted by molar-refractivity contribution is -0.141. The molecular formula is C11H18N2O3. The topological polar surface area (TPSA) is 69.6 Å². The van der Waals surface area contributed by atoms with Crippen LogP contribution in [0.15, 0.2) is 0 Å². The summed E-state index contributed by atoms with van der Waals surface area (Å²) in [4.78, 5) is 24.5. The molecule has 1 amide bonds. The zero-order valence-corrected chi connectivity index (χ0v) is 9.32. The van der Waals surface area contributed by atoms with Gasteiger partial charge in [0.05, 0.1) is 12.0 Å². The number of carbonyl (C=O) groups is 2. The van der Waals surface area contributed by atoms with Crippen molar-refractivity contribution < 1.29 is 14.7 Å². The summed E-state index contributed by atoms with van der Waals surface area (Å²) >= 11 is 0. The van der Waals surface area contributed by atoms with Gasteiger partial charge in [-0.1, -0.05) is 6.42 Å². The highest BCUT2D eigenvalue weighted by atomic mass is 16.4. The number of aliphatic carboxylic acids is 1. The summed E-state index contributed by atoms with van der Waals surface area (Å²) in [5.74, 6) is -1.07. The molecule has 2 fully saturated rings. The maximum absolute atomic E-state index is 12.0. The van der Waals surface area contributed by atoms with Crippen molar-refractivity contribution in [3.8, 4) is 0 Å². The number of likely N-dealkylation sites (tertiary alicyclic amines) is 1. The van der Waals surface area contributed by atoms with Crippen LogP contribution in [-0.4, -0.2) is 47.6 Å². The Hall–Kier alpha value is -1.10. The molecule has 2 aliphatic rings. The fourth-order valence-corrected chi connectivity index (χ4v) is 2.45. The van der Waals surface area contributed by atoms with E-state index in [2.05, 4.69) is 5.32 Å². The average molecular weight is 226 g/mol. The number of carboxylic acid groups (broad SMARTS) is 1. The van der Waals surface area contributed by atoms with Crippen LogP contribution in [0.4, 0.5) is 0 Å². The summed E-state index contributed by atoms with van der Waals surface area (Å²) in [5, 5.41) is 12.1. The molecule has 2 N–H and O–H groups in total. The first kappa shape index (κ1) is 11.4. The zero-order chi connectivity index (χ0) is 11.5. The van der Waals surface area contributed by atoms with E-state index in [0.29, 0.717) is 19.5 Å². The zero-order valence-electron chi connectivity index (χ0n) is 9.32. The van der Waals surface area contributed by atoms with Gasteiger partial charge in [0.15, 0.2) is 0 Å². The summed E-state index contributed by atoms with van der Waals surface area (Å²) in [6.07, 6.45) is 3.68. The second-order valence-electron chi connectivity index (χ2n) is 4.61. The van der Waals surface area contributed by atoms with Crippen molar-refractivity contribution in [2.75, 3.05) is 19.6 Å². The van der Waals surface area contributed by atoms with Gasteiger partial charge in [0.1, 0.15) is 0 Å². The minimum atomic E-state index is -0.785. The van der Waals surface area contributed by atoms with E-state index >= 15 is 0 Å². The van der Waals surface area contributed by atoms with E-state index in [1.807, 2.05) is 0 Å². The van der Waals surface area contributed by atoms with Gasteiger partial charge < -0.3 is 15.3 Å². The van der Waals surface area contributed by atoms with Crippen molar-refractivity contribution in [1.29, 1.82) is 0 Å². The molecule has 0 aromatic carbocycles. The van der Waals surface area contributed by atoms with Gasteiger partial charge in [-0.15, -0.1) is 0 Å². The van der Waals surface area contributed by atoms with Crippen LogP contribution >= 0.6 is 0 Å². The third-order valence-corrected chi connectivity index (χ3v) is 3.46. The van der Waals surface area contributed by atoms with Gasteiger partial charge in [0.25, 0.3) is 0 Å². The van der Waals surface area contributed by atoms with Crippen LogP contribution in [-0.2, 0) is 9.59 Å². The molecule has 0 bridgehead atoms. The molecule has 2 atom stereocenters. The number of hydrogen-bond donors (Lipinski definition) is 2. The van der Waals surface area contributed by atoms with Crippen molar-refractivity contribution in [2.24, 2.45) is 5.92 Å². The SMILES string of the molecule is O=C(O)C1CCN(C(=O)[C@H]2CCCCN2)C1. The van der Waals surface area contributed by atoms with E-state index < -0.39 is 5.97 Å². The number of hydrogen-bond acceptors (Lipinski definition) is 3. The highest BCUT2D eigenvalue weighted by Crippen LogP contribution is 2.19. The Morgan fingerprint density at radius 3 is 2.62 bits per heavy atom. The van der Waals surface area contributed by atoms with Crippen LogP contribution in [0, 0.1) is 5.92 Å². The van der Waals surface area contributed by atoms with Gasteiger partial charge in [-0.3, -0.25) is 9.59 Å². The molecule has 5 nitrogen and oxygen atoms in total. The number of rotatable bonds is 2. The molecule has 0 spiro atoms. The van der Waals surface area contributed by atoms with Crippen LogP contribution in [0.5, 0.6) is 0 Å². The highest BCUT2D eigenvalue weighted by molar-refractivity contribution is 5.83. The van der Waals surface area contributed by atoms with Gasteiger partial charge in [0.2, 0.25) is 5.91 Å². The van der Waals surface area contributed by atoms with Crippen molar-refractivity contribution in [3.05, 3.63) is 0 Å². The Morgan fingerprint density at radius 1 is 1.25 bits per heavy atom. The smallest absolute Gasteiger partial charge is 0.308 e. The van der Waals surface area contributed by atoms with E-state index in [1.165, 1.54) is 0 Å². The predicted octanol–water partition coefficient (Wildman–Crippen LogP) is 0.0616. The van der Waals surface area contributed by atoms with Crippen molar-refractivity contribution in [2.45, 2.75) is 31.7 Å². The molecular weight excluding hydrogens is 208 g/mol. The minimum absolute atomic E-state index is 0.0821. The van der Waals surface area contributed by atoms with E-state index in [9.17, 15) is 9.59 Å². The third kappa shape index (κ3) is 2.35. The number of carboxylic acids is 1. The summed E-state index contributed by atoms with van der Waals surface area (Å²) in [6.45, 7) is 1.87. The summed E-state index contributed by atoms with van der Waals surface area (Å²) < 4.78 is 0. The molecule has 0 radical (unpaired) electrons. The number of nitrogens with one attached hydrogen (secondary N) is 1. The molecule has 2 rings (SSSR count). The molecule has 2 aliphatic heterocycles. The second kappa shape index (κ2) is 4.82.